The Labute approximate surface area is 247 Å². The second-order valence-corrected chi connectivity index (χ2v) is 11.8. The minimum absolute atomic E-state index is 0.109. The van der Waals surface area contributed by atoms with Gasteiger partial charge in [0, 0.05) is 38.5 Å². The zero-order valence-electron chi connectivity index (χ0n) is 24.2. The molecule has 0 saturated heterocycles. The fourth-order valence-corrected chi connectivity index (χ4v) is 5.96. The van der Waals surface area contributed by atoms with Crippen LogP contribution in [0.5, 0.6) is 5.75 Å². The molecule has 1 fully saturated rings. The Morgan fingerprint density at radius 2 is 2.05 bits per heavy atom. The summed E-state index contributed by atoms with van der Waals surface area (Å²) in [5.74, 6) is 1.37. The standard InChI is InChI=1S/C31H34F2N8O2/c1-18(40-15-27(33)35-17-40)16-43-26-5-3-4-20-10-25(41(28(20)26)13-19-6-7-19)30-37-24-11-22-23(36-29(24)38(30)2)8-9-39(31(22)42)14-21(34)12-32/h3-5,10-11,15,17-19,21H,6-9,12-14,16,34H2,1-2H3/t18-,21-/m1/s1. The monoisotopic (exact) mass is 588 g/mol. The van der Waals surface area contributed by atoms with Crippen LogP contribution in [0.15, 0.2) is 42.9 Å². The lowest BCUT2D eigenvalue weighted by molar-refractivity contribution is 0.0723. The minimum atomic E-state index is -0.706. The molecule has 5 aromatic rings. The fraction of sp³-hybridized carbons (Fsp3) is 0.419. The van der Waals surface area contributed by atoms with Crippen LogP contribution >= 0.6 is 0 Å². The summed E-state index contributed by atoms with van der Waals surface area (Å²) in [4.78, 5) is 28.4. The van der Waals surface area contributed by atoms with Crippen molar-refractivity contribution in [2.45, 2.75) is 44.8 Å². The summed E-state index contributed by atoms with van der Waals surface area (Å²) in [6.45, 7) is 3.09. The number of benzene rings is 1. The SMILES string of the molecule is C[C@H](COc1cccc2cc(-c3nc4cc5c(nc4n3C)CCN(C[C@H](N)CF)C5=O)n(CC3CC3)c12)n1cnc(F)c1. The van der Waals surface area contributed by atoms with Crippen molar-refractivity contribution in [3.8, 4) is 17.3 Å². The molecule has 2 N–H and O–H groups in total. The first-order valence-electron chi connectivity index (χ1n) is 14.7. The van der Waals surface area contributed by atoms with Gasteiger partial charge >= 0.3 is 0 Å². The van der Waals surface area contributed by atoms with Crippen molar-refractivity contribution in [2.24, 2.45) is 18.7 Å². The van der Waals surface area contributed by atoms with E-state index in [2.05, 4.69) is 21.7 Å². The number of aryl methyl sites for hydroxylation is 1. The molecule has 5 heterocycles. The van der Waals surface area contributed by atoms with E-state index in [0.717, 1.165) is 40.4 Å². The Hall–Kier alpha value is -4.32. The molecule has 43 heavy (non-hydrogen) atoms. The summed E-state index contributed by atoms with van der Waals surface area (Å²) in [6.07, 6.45) is 5.76. The summed E-state index contributed by atoms with van der Waals surface area (Å²) in [7, 11) is 1.95. The average Bonchev–Trinajstić information content (AvgIpc) is 3.46. The number of imidazole rings is 2. The van der Waals surface area contributed by atoms with Crippen molar-refractivity contribution in [1.82, 2.24) is 33.6 Å². The fourth-order valence-electron chi connectivity index (χ4n) is 5.96. The number of para-hydroxylation sites is 1. The number of alkyl halides is 1. The van der Waals surface area contributed by atoms with Gasteiger partial charge in [0.25, 0.3) is 5.91 Å². The second-order valence-electron chi connectivity index (χ2n) is 11.8. The molecule has 10 nitrogen and oxygen atoms in total. The van der Waals surface area contributed by atoms with Gasteiger partial charge < -0.3 is 29.1 Å². The van der Waals surface area contributed by atoms with Crippen molar-refractivity contribution in [3.63, 3.8) is 0 Å². The molecule has 2 atom stereocenters. The lowest BCUT2D eigenvalue weighted by Gasteiger charge is -2.29. The van der Waals surface area contributed by atoms with Crippen LogP contribution in [0.25, 0.3) is 33.6 Å². The third-order valence-electron chi connectivity index (χ3n) is 8.52. The van der Waals surface area contributed by atoms with E-state index in [0.29, 0.717) is 42.2 Å². The van der Waals surface area contributed by atoms with Crippen molar-refractivity contribution < 1.29 is 18.3 Å². The molecule has 1 aliphatic heterocycles. The quantitative estimate of drug-likeness (QED) is 0.261. The topological polar surface area (TPSA) is 109 Å². The van der Waals surface area contributed by atoms with Crippen molar-refractivity contribution in [3.05, 3.63) is 60.1 Å². The molecule has 224 valence electrons. The summed E-state index contributed by atoms with van der Waals surface area (Å²) in [5.41, 5.74) is 10.3. The highest BCUT2D eigenvalue weighted by Crippen LogP contribution is 2.39. The van der Waals surface area contributed by atoms with E-state index in [9.17, 15) is 13.6 Å². The number of carbonyl (C=O) groups excluding carboxylic acids is 1. The predicted molar refractivity (Wildman–Crippen MR) is 158 cm³/mol. The molecular formula is C31H34F2N8O2. The Balaban J connectivity index is 1.27. The van der Waals surface area contributed by atoms with Gasteiger partial charge in [0.15, 0.2) is 11.5 Å². The first kappa shape index (κ1) is 27.5. The van der Waals surface area contributed by atoms with E-state index in [1.807, 2.05) is 30.7 Å². The van der Waals surface area contributed by atoms with Crippen LogP contribution < -0.4 is 10.5 Å². The van der Waals surface area contributed by atoms with E-state index in [4.69, 9.17) is 20.4 Å². The third-order valence-corrected chi connectivity index (χ3v) is 8.52. The lowest BCUT2D eigenvalue weighted by atomic mass is 10.0. The highest BCUT2D eigenvalue weighted by atomic mass is 19.1. The summed E-state index contributed by atoms with van der Waals surface area (Å²) < 4.78 is 38.8. The normalized spacial score (nSPS) is 16.7. The Morgan fingerprint density at radius 1 is 1.21 bits per heavy atom. The molecular weight excluding hydrogens is 554 g/mol. The van der Waals surface area contributed by atoms with Gasteiger partial charge in [-0.2, -0.15) is 4.39 Å². The van der Waals surface area contributed by atoms with Crippen LogP contribution in [0.4, 0.5) is 8.78 Å². The first-order valence-corrected chi connectivity index (χ1v) is 14.7. The molecule has 12 heteroatoms. The van der Waals surface area contributed by atoms with Gasteiger partial charge in [0.05, 0.1) is 47.1 Å². The maximum Gasteiger partial charge on any atom is 0.255 e. The van der Waals surface area contributed by atoms with Crippen LogP contribution in [0, 0.1) is 11.9 Å². The largest absolute Gasteiger partial charge is 0.489 e. The number of hydrogen-bond acceptors (Lipinski definition) is 6. The van der Waals surface area contributed by atoms with Crippen molar-refractivity contribution in [1.29, 1.82) is 0 Å². The van der Waals surface area contributed by atoms with Crippen LogP contribution in [-0.4, -0.2) is 71.9 Å². The number of amides is 1. The second kappa shape index (κ2) is 10.7. The molecule has 1 aromatic carbocycles. The van der Waals surface area contributed by atoms with Crippen molar-refractivity contribution >= 4 is 28.0 Å². The highest BCUT2D eigenvalue weighted by Gasteiger charge is 2.30. The lowest BCUT2D eigenvalue weighted by Crippen LogP contribution is -2.45. The van der Waals surface area contributed by atoms with Gasteiger partial charge in [-0.05, 0) is 43.9 Å². The first-order chi connectivity index (χ1) is 20.8. The molecule has 0 unspecified atom stereocenters. The maximum atomic E-state index is 13.5. The van der Waals surface area contributed by atoms with Crippen LogP contribution in [0.3, 0.4) is 0 Å². The number of hydrogen-bond donors (Lipinski definition) is 1. The maximum absolute atomic E-state index is 13.5. The predicted octanol–water partition coefficient (Wildman–Crippen LogP) is 4.27. The number of nitrogens with two attached hydrogens (primary N) is 1. The highest BCUT2D eigenvalue weighted by molar-refractivity contribution is 5.99. The van der Waals surface area contributed by atoms with Gasteiger partial charge in [-0.25, -0.2) is 19.3 Å². The number of pyridine rings is 1. The molecule has 4 aromatic heterocycles. The molecule has 2 aliphatic rings. The zero-order chi connectivity index (χ0) is 29.8. The molecule has 0 bridgehead atoms. The number of nitrogens with zero attached hydrogens (tertiary/aromatic N) is 7. The van der Waals surface area contributed by atoms with Crippen LogP contribution in [-0.2, 0) is 20.0 Å². The molecule has 0 spiro atoms. The number of fused-ring (bicyclic) bond motifs is 3. The Bertz CT molecular complexity index is 1840. The average molecular weight is 589 g/mol. The molecule has 1 aliphatic carbocycles. The van der Waals surface area contributed by atoms with E-state index in [1.165, 1.54) is 25.4 Å². The van der Waals surface area contributed by atoms with Crippen LogP contribution in [0.1, 0.15) is 41.9 Å². The van der Waals surface area contributed by atoms with E-state index >= 15 is 0 Å². The number of aromatic nitrogens is 6. The smallest absolute Gasteiger partial charge is 0.255 e. The van der Waals surface area contributed by atoms with Gasteiger partial charge in [-0.15, -0.1) is 0 Å². The van der Waals surface area contributed by atoms with Gasteiger partial charge in [0.1, 0.15) is 24.5 Å². The Morgan fingerprint density at radius 3 is 2.79 bits per heavy atom. The van der Waals surface area contributed by atoms with Gasteiger partial charge in [-0.1, -0.05) is 12.1 Å². The molecule has 1 saturated carbocycles. The molecule has 0 radical (unpaired) electrons. The minimum Gasteiger partial charge on any atom is -0.489 e. The van der Waals surface area contributed by atoms with E-state index in [-0.39, 0.29) is 18.5 Å². The summed E-state index contributed by atoms with van der Waals surface area (Å²) in [6, 6.07) is 9.13. The number of halogens is 2. The summed E-state index contributed by atoms with van der Waals surface area (Å²) >= 11 is 0. The van der Waals surface area contributed by atoms with Crippen molar-refractivity contribution in [2.75, 3.05) is 26.4 Å². The van der Waals surface area contributed by atoms with E-state index < -0.39 is 18.7 Å². The number of carbonyl (C=O) groups is 1. The van der Waals surface area contributed by atoms with Crippen LogP contribution in [0.2, 0.25) is 0 Å². The number of ether oxygens (including phenoxy) is 1. The zero-order valence-corrected chi connectivity index (χ0v) is 24.2. The molecule has 1 amide bonds. The molecule has 7 rings (SSSR count). The summed E-state index contributed by atoms with van der Waals surface area (Å²) in [5, 5.41) is 1.03. The third kappa shape index (κ3) is 5.03. The van der Waals surface area contributed by atoms with Gasteiger partial charge in [-0.3, -0.25) is 4.79 Å². The Kier molecular flexibility index (Phi) is 6.88. The van der Waals surface area contributed by atoms with E-state index in [1.54, 1.807) is 15.5 Å². The number of rotatable bonds is 10. The van der Waals surface area contributed by atoms with Gasteiger partial charge in [0.2, 0.25) is 5.95 Å².